The van der Waals surface area contributed by atoms with Crippen LogP contribution in [-0.4, -0.2) is 26.4 Å². The molecule has 3 aromatic carbocycles. The van der Waals surface area contributed by atoms with E-state index in [1.807, 2.05) is 30.3 Å². The van der Waals surface area contributed by atoms with Crippen molar-refractivity contribution in [2.24, 2.45) is 0 Å². The first-order valence-electron chi connectivity index (χ1n) is 12.8. The monoisotopic (exact) mass is 614 g/mol. The summed E-state index contributed by atoms with van der Waals surface area (Å²) in [7, 11) is 0. The molecule has 5 aromatic rings. The van der Waals surface area contributed by atoms with Crippen molar-refractivity contribution >= 4 is 23.4 Å². The van der Waals surface area contributed by atoms with Gasteiger partial charge in [0, 0.05) is 18.2 Å². The second-order valence-electron chi connectivity index (χ2n) is 9.41. The molecule has 0 saturated heterocycles. The van der Waals surface area contributed by atoms with Crippen LogP contribution in [0.15, 0.2) is 101 Å². The third-order valence-corrected chi connectivity index (χ3v) is 7.03. The van der Waals surface area contributed by atoms with Gasteiger partial charge in [-0.15, -0.1) is 10.2 Å². The number of alkyl halides is 5. The maximum Gasteiger partial charge on any atom is 0.416 e. The number of furan rings is 1. The van der Waals surface area contributed by atoms with Gasteiger partial charge < -0.3 is 14.5 Å². The summed E-state index contributed by atoms with van der Waals surface area (Å²) in [5.74, 6) is -3.21. The minimum atomic E-state index is -4.88. The first kappa shape index (κ1) is 29.8. The smallest absolute Gasteiger partial charge is 0.416 e. The van der Waals surface area contributed by atoms with Gasteiger partial charge in [-0.25, -0.2) is 8.78 Å². The predicted octanol–water partition coefficient (Wildman–Crippen LogP) is 7.97. The summed E-state index contributed by atoms with van der Waals surface area (Å²) >= 11 is 0.953. The summed E-state index contributed by atoms with van der Waals surface area (Å²) in [6.07, 6.45) is -3.41. The Morgan fingerprint density at radius 1 is 0.930 bits per heavy atom. The lowest BCUT2D eigenvalue weighted by atomic mass is 10.0. The van der Waals surface area contributed by atoms with Crippen molar-refractivity contribution in [3.8, 4) is 23.0 Å². The van der Waals surface area contributed by atoms with Gasteiger partial charge in [0.05, 0.1) is 23.3 Å². The van der Waals surface area contributed by atoms with Crippen molar-refractivity contribution in [3.63, 3.8) is 0 Å². The number of benzene rings is 3. The quantitative estimate of drug-likeness (QED) is 0.127. The summed E-state index contributed by atoms with van der Waals surface area (Å²) in [6.45, 7) is 0.860. The van der Waals surface area contributed by atoms with Gasteiger partial charge in [-0.3, -0.25) is 9.36 Å². The number of ether oxygens (including phenoxy) is 1. The molecule has 0 fully saturated rings. The second kappa shape index (κ2) is 12.3. The Hall–Kier alpha value is -4.65. The molecular weight excluding hydrogens is 591 g/mol. The molecule has 0 bridgehead atoms. The topological polar surface area (TPSA) is 82.2 Å². The highest BCUT2D eigenvalue weighted by Gasteiger charge is 2.34. The number of hydrogen-bond donors (Lipinski definition) is 1. The van der Waals surface area contributed by atoms with Crippen LogP contribution in [-0.2, 0) is 23.5 Å². The van der Waals surface area contributed by atoms with Crippen LogP contribution >= 0.6 is 11.8 Å². The highest BCUT2D eigenvalue weighted by Crippen LogP contribution is 2.37. The second-order valence-corrected chi connectivity index (χ2v) is 10.4. The average molecular weight is 615 g/mol. The minimum Gasteiger partial charge on any atom is -0.489 e. The summed E-state index contributed by atoms with van der Waals surface area (Å²) < 4.78 is 80.7. The summed E-state index contributed by atoms with van der Waals surface area (Å²) in [6, 6.07) is 21.9. The number of amides is 1. The zero-order valence-corrected chi connectivity index (χ0v) is 23.3. The fraction of sp³-hybridized carbons (Fsp3) is 0.167. The number of nitrogens with one attached hydrogen (secondary N) is 1. The van der Waals surface area contributed by atoms with Crippen LogP contribution in [0.25, 0.3) is 17.3 Å². The van der Waals surface area contributed by atoms with E-state index in [0.717, 1.165) is 23.4 Å². The van der Waals surface area contributed by atoms with Crippen molar-refractivity contribution in [1.82, 2.24) is 14.8 Å². The van der Waals surface area contributed by atoms with Crippen molar-refractivity contribution < 1.29 is 35.9 Å². The molecule has 1 amide bonds. The average Bonchev–Trinajstić information content (AvgIpc) is 3.65. The molecule has 0 radical (unpaired) electrons. The van der Waals surface area contributed by atoms with Crippen LogP contribution in [0.4, 0.5) is 27.6 Å². The first-order valence-corrected chi connectivity index (χ1v) is 13.8. The first-order chi connectivity index (χ1) is 20.5. The highest BCUT2D eigenvalue weighted by atomic mass is 32.2. The number of aromatic nitrogens is 3. The molecule has 5 rings (SSSR count). The summed E-state index contributed by atoms with van der Waals surface area (Å²) in [4.78, 5) is 12.7. The van der Waals surface area contributed by atoms with Gasteiger partial charge in [0.25, 0.3) is 5.92 Å². The predicted molar refractivity (Wildman–Crippen MR) is 150 cm³/mol. The Kier molecular flexibility index (Phi) is 8.53. The maximum absolute atomic E-state index is 13.9. The maximum atomic E-state index is 13.9. The fourth-order valence-electron chi connectivity index (χ4n) is 4.04. The molecule has 7 nitrogen and oxygen atoms in total. The molecule has 0 aliphatic heterocycles. The number of anilines is 1. The molecule has 0 aliphatic carbocycles. The van der Waals surface area contributed by atoms with E-state index in [2.05, 4.69) is 15.5 Å². The molecule has 0 aliphatic rings. The Bertz CT molecular complexity index is 1650. The van der Waals surface area contributed by atoms with Crippen LogP contribution in [0.5, 0.6) is 5.75 Å². The van der Waals surface area contributed by atoms with Crippen LogP contribution < -0.4 is 10.1 Å². The van der Waals surface area contributed by atoms with E-state index in [-0.39, 0.29) is 10.9 Å². The van der Waals surface area contributed by atoms with Gasteiger partial charge in [0.1, 0.15) is 12.4 Å². The molecule has 43 heavy (non-hydrogen) atoms. The SMILES string of the molecule is CC(F)(F)c1cc(NC(=O)CSc2nnc(-c3ccco3)n2-c2ccc(OCc3ccccc3)cc2)cc(C(F)(F)F)c1. The van der Waals surface area contributed by atoms with Gasteiger partial charge in [-0.05, 0) is 60.2 Å². The standard InChI is InChI=1S/C30H23F5N4O3S/c1-29(31,32)20-14-21(30(33,34)35)16-22(15-20)36-26(40)18-43-28-38-37-27(25-8-5-13-41-25)39(28)23-9-11-24(12-10-23)42-17-19-6-3-2-4-7-19/h2-16H,17-18H2,1H3,(H,36,40). The minimum absolute atomic E-state index is 0.282. The Labute approximate surface area is 246 Å². The lowest BCUT2D eigenvalue weighted by molar-refractivity contribution is -0.137. The number of thioether (sulfide) groups is 1. The highest BCUT2D eigenvalue weighted by molar-refractivity contribution is 7.99. The van der Waals surface area contributed by atoms with E-state index in [4.69, 9.17) is 9.15 Å². The third kappa shape index (κ3) is 7.41. The Morgan fingerprint density at radius 2 is 1.65 bits per heavy atom. The van der Waals surface area contributed by atoms with Crippen molar-refractivity contribution in [3.05, 3.63) is 108 Å². The molecule has 13 heteroatoms. The van der Waals surface area contributed by atoms with E-state index in [1.54, 1.807) is 41.0 Å². The van der Waals surface area contributed by atoms with E-state index < -0.39 is 34.8 Å². The lowest BCUT2D eigenvalue weighted by Crippen LogP contribution is -2.17. The van der Waals surface area contributed by atoms with Crippen LogP contribution in [0.3, 0.4) is 0 Å². The molecule has 0 atom stereocenters. The molecule has 2 heterocycles. The molecular formula is C30H23F5N4O3S. The van der Waals surface area contributed by atoms with Crippen molar-refractivity contribution in [2.45, 2.75) is 30.8 Å². The largest absolute Gasteiger partial charge is 0.489 e. The Morgan fingerprint density at radius 3 is 2.30 bits per heavy atom. The lowest BCUT2D eigenvalue weighted by Gasteiger charge is -2.16. The van der Waals surface area contributed by atoms with Crippen molar-refractivity contribution in [2.75, 3.05) is 11.1 Å². The van der Waals surface area contributed by atoms with E-state index >= 15 is 0 Å². The fourth-order valence-corrected chi connectivity index (χ4v) is 4.79. The zero-order chi connectivity index (χ0) is 30.6. The van der Waals surface area contributed by atoms with Gasteiger partial charge >= 0.3 is 6.18 Å². The van der Waals surface area contributed by atoms with Crippen LogP contribution in [0, 0.1) is 0 Å². The van der Waals surface area contributed by atoms with Gasteiger partial charge in [0.2, 0.25) is 11.7 Å². The molecule has 0 unspecified atom stereocenters. The summed E-state index contributed by atoms with van der Waals surface area (Å²) in [5.41, 5.74) is -0.940. The summed E-state index contributed by atoms with van der Waals surface area (Å²) in [5, 5.41) is 10.9. The normalized spacial score (nSPS) is 11.9. The van der Waals surface area contributed by atoms with Gasteiger partial charge in [-0.2, -0.15) is 13.2 Å². The van der Waals surface area contributed by atoms with Gasteiger partial charge in [-0.1, -0.05) is 42.1 Å². The molecule has 0 saturated carbocycles. The number of nitrogens with zero attached hydrogens (tertiary/aromatic N) is 3. The molecule has 0 spiro atoms. The number of carbonyl (C=O) groups excluding carboxylic acids is 1. The third-order valence-electron chi connectivity index (χ3n) is 6.10. The number of rotatable bonds is 10. The van der Waals surface area contributed by atoms with Gasteiger partial charge in [0.15, 0.2) is 10.9 Å². The zero-order valence-electron chi connectivity index (χ0n) is 22.4. The van der Waals surface area contributed by atoms with E-state index in [0.29, 0.717) is 48.7 Å². The van der Waals surface area contributed by atoms with Crippen molar-refractivity contribution in [1.29, 1.82) is 0 Å². The molecule has 2 aromatic heterocycles. The molecule has 1 N–H and O–H groups in total. The number of hydrogen-bond acceptors (Lipinski definition) is 6. The van der Waals surface area contributed by atoms with E-state index in [9.17, 15) is 26.7 Å². The van der Waals surface area contributed by atoms with Crippen LogP contribution in [0.2, 0.25) is 0 Å². The molecule has 222 valence electrons. The Balaban J connectivity index is 1.34. The number of halogens is 5. The van der Waals surface area contributed by atoms with E-state index in [1.165, 1.54) is 6.26 Å². The number of carbonyl (C=O) groups is 1. The van der Waals surface area contributed by atoms with Crippen LogP contribution in [0.1, 0.15) is 23.6 Å².